The standard InChI is InChI=1S/C7H9NS3/c1-4-3-5(6(8)9)7(10-2)11-4/h3H,1-2H3,(H2,8,9). The van der Waals surface area contributed by atoms with Crippen LogP contribution < -0.4 is 5.73 Å². The van der Waals surface area contributed by atoms with Crippen LogP contribution in [0, 0.1) is 6.92 Å². The Kier molecular flexibility index (Phi) is 2.92. The molecular weight excluding hydrogens is 194 g/mol. The van der Waals surface area contributed by atoms with Crippen LogP contribution in [0.3, 0.4) is 0 Å². The SMILES string of the molecule is CSc1sc(C)cc1C(N)=S. The Morgan fingerprint density at radius 3 is 2.73 bits per heavy atom. The van der Waals surface area contributed by atoms with Gasteiger partial charge in [-0.25, -0.2) is 0 Å². The van der Waals surface area contributed by atoms with Crippen molar-refractivity contribution in [3.8, 4) is 0 Å². The van der Waals surface area contributed by atoms with Gasteiger partial charge in [-0.3, -0.25) is 0 Å². The van der Waals surface area contributed by atoms with Gasteiger partial charge in [-0.05, 0) is 19.2 Å². The second kappa shape index (κ2) is 3.56. The summed E-state index contributed by atoms with van der Waals surface area (Å²) in [5.41, 5.74) is 6.55. The maximum Gasteiger partial charge on any atom is 0.105 e. The Hall–Kier alpha value is -0.0600. The van der Waals surface area contributed by atoms with Gasteiger partial charge in [0.25, 0.3) is 0 Å². The molecule has 60 valence electrons. The van der Waals surface area contributed by atoms with E-state index in [1.165, 1.54) is 9.09 Å². The molecule has 1 aromatic heterocycles. The van der Waals surface area contributed by atoms with Crippen molar-refractivity contribution in [2.75, 3.05) is 6.26 Å². The number of thioether (sulfide) groups is 1. The van der Waals surface area contributed by atoms with Crippen molar-refractivity contribution in [3.05, 3.63) is 16.5 Å². The monoisotopic (exact) mass is 203 g/mol. The number of thiophene rings is 1. The molecule has 0 saturated carbocycles. The van der Waals surface area contributed by atoms with Gasteiger partial charge in [0.05, 0.1) is 4.21 Å². The lowest BCUT2D eigenvalue weighted by molar-refractivity contribution is 1.57. The van der Waals surface area contributed by atoms with Crippen molar-refractivity contribution >= 4 is 40.3 Å². The lowest BCUT2D eigenvalue weighted by Gasteiger charge is -1.94. The quantitative estimate of drug-likeness (QED) is 0.590. The van der Waals surface area contributed by atoms with E-state index < -0.39 is 0 Å². The van der Waals surface area contributed by atoms with Gasteiger partial charge < -0.3 is 5.73 Å². The third-order valence-corrected chi connectivity index (χ3v) is 3.68. The Labute approximate surface area is 80.0 Å². The molecule has 0 amide bonds. The zero-order valence-electron chi connectivity index (χ0n) is 6.38. The van der Waals surface area contributed by atoms with E-state index in [4.69, 9.17) is 18.0 Å². The Bertz CT molecular complexity index is 277. The van der Waals surface area contributed by atoms with Crippen LogP contribution in [0.5, 0.6) is 0 Å². The van der Waals surface area contributed by atoms with Crippen LogP contribution >= 0.6 is 35.3 Å². The van der Waals surface area contributed by atoms with E-state index in [9.17, 15) is 0 Å². The number of thiocarbonyl (C=S) groups is 1. The normalized spacial score (nSPS) is 10.0. The number of hydrogen-bond acceptors (Lipinski definition) is 3. The third kappa shape index (κ3) is 1.95. The molecule has 0 aromatic carbocycles. The van der Waals surface area contributed by atoms with Gasteiger partial charge in [-0.15, -0.1) is 23.1 Å². The number of hydrogen-bond donors (Lipinski definition) is 1. The molecular formula is C7H9NS3. The van der Waals surface area contributed by atoms with Crippen molar-refractivity contribution in [2.45, 2.75) is 11.1 Å². The summed E-state index contributed by atoms with van der Waals surface area (Å²) in [6.07, 6.45) is 2.03. The van der Waals surface area contributed by atoms with Crippen LogP contribution in [0.15, 0.2) is 10.3 Å². The van der Waals surface area contributed by atoms with Gasteiger partial charge in [-0.1, -0.05) is 12.2 Å². The fraction of sp³-hybridized carbons (Fsp3) is 0.286. The minimum absolute atomic E-state index is 0.499. The van der Waals surface area contributed by atoms with Gasteiger partial charge in [0.15, 0.2) is 0 Å². The van der Waals surface area contributed by atoms with Crippen molar-refractivity contribution in [3.63, 3.8) is 0 Å². The predicted octanol–water partition coefficient (Wildman–Crippen LogP) is 2.41. The molecule has 0 aliphatic heterocycles. The lowest BCUT2D eigenvalue weighted by atomic mass is 10.3. The molecule has 0 unspecified atom stereocenters. The molecule has 0 radical (unpaired) electrons. The second-order valence-corrected chi connectivity index (χ2v) is 4.90. The molecule has 0 spiro atoms. The number of aryl methyl sites for hydroxylation is 1. The molecule has 11 heavy (non-hydrogen) atoms. The van der Waals surface area contributed by atoms with Gasteiger partial charge in [0.1, 0.15) is 4.99 Å². The van der Waals surface area contributed by atoms with Crippen LogP contribution in [-0.4, -0.2) is 11.2 Å². The summed E-state index contributed by atoms with van der Waals surface area (Å²) < 4.78 is 1.22. The van der Waals surface area contributed by atoms with Crippen LogP contribution in [0.4, 0.5) is 0 Å². The summed E-state index contributed by atoms with van der Waals surface area (Å²) in [6.45, 7) is 2.06. The van der Waals surface area contributed by atoms with Gasteiger partial charge in [-0.2, -0.15) is 0 Å². The fourth-order valence-corrected chi connectivity index (χ4v) is 2.97. The summed E-state index contributed by atoms with van der Waals surface area (Å²) in [7, 11) is 0. The molecule has 0 aliphatic rings. The summed E-state index contributed by atoms with van der Waals surface area (Å²) in [5.74, 6) is 0. The molecule has 0 aliphatic carbocycles. The largest absolute Gasteiger partial charge is 0.389 e. The third-order valence-electron chi connectivity index (χ3n) is 1.27. The molecule has 2 N–H and O–H groups in total. The number of rotatable bonds is 2. The zero-order chi connectivity index (χ0) is 8.43. The molecule has 0 bridgehead atoms. The minimum atomic E-state index is 0.499. The topological polar surface area (TPSA) is 26.0 Å². The van der Waals surface area contributed by atoms with E-state index in [2.05, 4.69) is 6.92 Å². The highest BCUT2D eigenvalue weighted by Crippen LogP contribution is 2.29. The molecule has 1 rings (SSSR count). The summed E-state index contributed by atoms with van der Waals surface area (Å²) >= 11 is 8.33. The van der Waals surface area contributed by atoms with Crippen molar-refractivity contribution in [1.29, 1.82) is 0 Å². The molecule has 0 saturated heterocycles. The van der Waals surface area contributed by atoms with Gasteiger partial charge >= 0.3 is 0 Å². The average molecular weight is 203 g/mol. The summed E-state index contributed by atoms with van der Waals surface area (Å²) in [6, 6.07) is 2.04. The molecule has 1 heterocycles. The fourth-order valence-electron chi connectivity index (χ4n) is 0.816. The van der Waals surface area contributed by atoms with Crippen LogP contribution in [0.25, 0.3) is 0 Å². The van der Waals surface area contributed by atoms with Gasteiger partial charge in [0, 0.05) is 10.4 Å². The van der Waals surface area contributed by atoms with E-state index >= 15 is 0 Å². The summed E-state index contributed by atoms with van der Waals surface area (Å²) in [5, 5.41) is 0. The van der Waals surface area contributed by atoms with Crippen molar-refractivity contribution in [2.24, 2.45) is 5.73 Å². The predicted molar refractivity (Wildman–Crippen MR) is 56.7 cm³/mol. The molecule has 0 atom stereocenters. The van der Waals surface area contributed by atoms with Crippen molar-refractivity contribution in [1.82, 2.24) is 0 Å². The minimum Gasteiger partial charge on any atom is -0.389 e. The zero-order valence-corrected chi connectivity index (χ0v) is 8.83. The van der Waals surface area contributed by atoms with Gasteiger partial charge in [0.2, 0.25) is 0 Å². The Morgan fingerprint density at radius 1 is 1.73 bits per heavy atom. The highest BCUT2D eigenvalue weighted by molar-refractivity contribution is 8.00. The van der Waals surface area contributed by atoms with Crippen LogP contribution in [0.2, 0.25) is 0 Å². The van der Waals surface area contributed by atoms with Crippen molar-refractivity contribution < 1.29 is 0 Å². The maximum absolute atomic E-state index is 5.53. The highest BCUT2D eigenvalue weighted by atomic mass is 32.2. The summed E-state index contributed by atoms with van der Waals surface area (Å²) in [4.78, 5) is 1.76. The van der Waals surface area contributed by atoms with E-state index in [-0.39, 0.29) is 0 Å². The maximum atomic E-state index is 5.53. The van der Waals surface area contributed by atoms with E-state index in [0.29, 0.717) is 4.99 Å². The smallest absolute Gasteiger partial charge is 0.105 e. The highest BCUT2D eigenvalue weighted by Gasteiger charge is 2.07. The van der Waals surface area contributed by atoms with E-state index in [1.54, 1.807) is 23.1 Å². The van der Waals surface area contributed by atoms with Crippen LogP contribution in [0.1, 0.15) is 10.4 Å². The first-order chi connectivity index (χ1) is 5.15. The van der Waals surface area contributed by atoms with E-state index in [0.717, 1.165) is 5.56 Å². The Morgan fingerprint density at radius 2 is 2.36 bits per heavy atom. The molecule has 0 fully saturated rings. The number of nitrogens with two attached hydrogens (primary N) is 1. The first kappa shape index (κ1) is 9.03. The first-order valence-corrected chi connectivity index (χ1v) is 5.54. The Balaban J connectivity index is 3.12. The second-order valence-electron chi connectivity index (χ2n) is 2.13. The molecule has 1 nitrogen and oxygen atoms in total. The van der Waals surface area contributed by atoms with Crippen LogP contribution in [-0.2, 0) is 0 Å². The molecule has 4 heteroatoms. The first-order valence-electron chi connectivity index (χ1n) is 3.09. The molecule has 1 aromatic rings. The average Bonchev–Trinajstić information content (AvgIpc) is 2.30. The van der Waals surface area contributed by atoms with E-state index in [1.807, 2.05) is 12.3 Å². The lowest BCUT2D eigenvalue weighted by Crippen LogP contribution is -2.08.